The van der Waals surface area contributed by atoms with Crippen molar-refractivity contribution in [1.29, 1.82) is 0 Å². The van der Waals surface area contributed by atoms with E-state index in [1.807, 2.05) is 6.92 Å². The lowest BCUT2D eigenvalue weighted by Gasteiger charge is -2.33. The Morgan fingerprint density at radius 1 is 1.44 bits per heavy atom. The van der Waals surface area contributed by atoms with Gasteiger partial charge in [0.25, 0.3) is 0 Å². The summed E-state index contributed by atoms with van der Waals surface area (Å²) >= 11 is 0. The molecule has 0 radical (unpaired) electrons. The Labute approximate surface area is 106 Å². The summed E-state index contributed by atoms with van der Waals surface area (Å²) in [5, 5.41) is 7.37. The molecular weight excluding hydrogens is 230 g/mol. The molecule has 0 bridgehead atoms. The van der Waals surface area contributed by atoms with Crippen LogP contribution in [0.25, 0.3) is 0 Å². The molecule has 96 valence electrons. The second-order valence-electron chi connectivity index (χ2n) is 4.64. The highest BCUT2D eigenvalue weighted by Gasteiger charge is 2.25. The number of aromatic nitrogens is 2. The summed E-state index contributed by atoms with van der Waals surface area (Å²) in [5.41, 5.74) is 0.260. The summed E-state index contributed by atoms with van der Waals surface area (Å²) in [6.45, 7) is 2.79. The standard InChI is InChI=1S/C13H17N3O2/c1-10-5-2-3-8-16(10)13(18)9-12(17)11-6-4-7-14-15-11/h4,6-7,10H,2-3,5,8-9H2,1H3. The second kappa shape index (κ2) is 5.71. The van der Waals surface area contributed by atoms with E-state index >= 15 is 0 Å². The van der Waals surface area contributed by atoms with Gasteiger partial charge in [-0.15, -0.1) is 5.10 Å². The molecule has 0 aromatic carbocycles. The Morgan fingerprint density at radius 2 is 2.28 bits per heavy atom. The molecule has 18 heavy (non-hydrogen) atoms. The number of piperidine rings is 1. The van der Waals surface area contributed by atoms with E-state index in [9.17, 15) is 9.59 Å². The van der Waals surface area contributed by atoms with Crippen LogP contribution in [0.4, 0.5) is 0 Å². The summed E-state index contributed by atoms with van der Waals surface area (Å²) in [6, 6.07) is 3.47. The summed E-state index contributed by atoms with van der Waals surface area (Å²) < 4.78 is 0. The molecule has 2 rings (SSSR count). The van der Waals surface area contributed by atoms with Crippen LogP contribution in [-0.4, -0.2) is 39.4 Å². The van der Waals surface area contributed by atoms with Gasteiger partial charge in [0.05, 0.1) is 6.42 Å². The second-order valence-corrected chi connectivity index (χ2v) is 4.64. The highest BCUT2D eigenvalue weighted by atomic mass is 16.2. The zero-order valence-corrected chi connectivity index (χ0v) is 10.5. The zero-order valence-electron chi connectivity index (χ0n) is 10.5. The van der Waals surface area contributed by atoms with Gasteiger partial charge in [-0.1, -0.05) is 0 Å². The SMILES string of the molecule is CC1CCCCN1C(=O)CC(=O)c1cccnn1. The van der Waals surface area contributed by atoms with Gasteiger partial charge in [-0.2, -0.15) is 5.10 Å². The molecule has 1 aliphatic heterocycles. The summed E-state index contributed by atoms with van der Waals surface area (Å²) in [5.74, 6) is -0.358. The third-order valence-corrected chi connectivity index (χ3v) is 3.29. The first-order valence-electron chi connectivity index (χ1n) is 6.29. The van der Waals surface area contributed by atoms with Crippen LogP contribution >= 0.6 is 0 Å². The first kappa shape index (κ1) is 12.7. The van der Waals surface area contributed by atoms with Crippen LogP contribution in [0.2, 0.25) is 0 Å². The van der Waals surface area contributed by atoms with Gasteiger partial charge in [-0.3, -0.25) is 9.59 Å². The van der Waals surface area contributed by atoms with Crippen LogP contribution in [0.1, 0.15) is 43.1 Å². The van der Waals surface area contributed by atoms with Gasteiger partial charge in [0, 0.05) is 18.8 Å². The van der Waals surface area contributed by atoms with Crippen molar-refractivity contribution in [3.63, 3.8) is 0 Å². The third-order valence-electron chi connectivity index (χ3n) is 3.29. The van der Waals surface area contributed by atoms with Crippen LogP contribution in [0.15, 0.2) is 18.3 Å². The average Bonchev–Trinajstić information content (AvgIpc) is 2.40. The predicted molar refractivity (Wildman–Crippen MR) is 66.0 cm³/mol. The van der Waals surface area contributed by atoms with Crippen LogP contribution in [0.5, 0.6) is 0 Å². The van der Waals surface area contributed by atoms with Crippen LogP contribution in [-0.2, 0) is 4.79 Å². The van der Waals surface area contributed by atoms with Crippen molar-refractivity contribution in [3.05, 3.63) is 24.0 Å². The minimum absolute atomic E-state index is 0.0992. The highest BCUT2D eigenvalue weighted by Crippen LogP contribution is 2.17. The van der Waals surface area contributed by atoms with Crippen LogP contribution < -0.4 is 0 Å². The topological polar surface area (TPSA) is 63.2 Å². The van der Waals surface area contributed by atoms with Crippen LogP contribution in [0.3, 0.4) is 0 Å². The summed E-state index contributed by atoms with van der Waals surface area (Å²) in [7, 11) is 0. The number of carbonyl (C=O) groups excluding carboxylic acids is 2. The summed E-state index contributed by atoms with van der Waals surface area (Å²) in [6.07, 6.45) is 4.60. The fraction of sp³-hybridized carbons (Fsp3) is 0.538. The van der Waals surface area contributed by atoms with Gasteiger partial charge in [-0.25, -0.2) is 0 Å². The molecule has 1 unspecified atom stereocenters. The Morgan fingerprint density at radius 3 is 2.94 bits per heavy atom. The van der Waals surface area contributed by atoms with E-state index in [1.54, 1.807) is 17.0 Å². The van der Waals surface area contributed by atoms with E-state index in [0.717, 1.165) is 25.8 Å². The lowest BCUT2D eigenvalue weighted by Crippen LogP contribution is -2.42. The van der Waals surface area contributed by atoms with Crippen molar-refractivity contribution in [2.24, 2.45) is 0 Å². The Kier molecular flexibility index (Phi) is 4.02. The smallest absolute Gasteiger partial charge is 0.230 e. The minimum atomic E-state index is -0.258. The van der Waals surface area contributed by atoms with Gasteiger partial charge < -0.3 is 4.90 Å². The number of hydrogen-bond acceptors (Lipinski definition) is 4. The zero-order chi connectivity index (χ0) is 13.0. The molecule has 0 spiro atoms. The first-order chi connectivity index (χ1) is 8.68. The molecule has 5 nitrogen and oxygen atoms in total. The number of hydrogen-bond donors (Lipinski definition) is 0. The maximum Gasteiger partial charge on any atom is 0.230 e. The molecule has 1 aromatic rings. The molecule has 1 aliphatic rings. The maximum absolute atomic E-state index is 12.0. The highest BCUT2D eigenvalue weighted by molar-refractivity contribution is 6.06. The molecule has 1 saturated heterocycles. The fourth-order valence-corrected chi connectivity index (χ4v) is 2.25. The van der Waals surface area contributed by atoms with Gasteiger partial charge in [-0.05, 0) is 38.3 Å². The van der Waals surface area contributed by atoms with E-state index in [1.165, 1.54) is 6.20 Å². The van der Waals surface area contributed by atoms with Gasteiger partial charge in [0.15, 0.2) is 5.78 Å². The number of carbonyl (C=O) groups is 2. The van der Waals surface area contributed by atoms with Crippen molar-refractivity contribution in [2.45, 2.75) is 38.6 Å². The van der Waals surface area contributed by atoms with E-state index in [4.69, 9.17) is 0 Å². The van der Waals surface area contributed by atoms with Gasteiger partial charge in [0.1, 0.15) is 5.69 Å². The normalized spacial score (nSPS) is 19.6. The first-order valence-corrected chi connectivity index (χ1v) is 6.29. The maximum atomic E-state index is 12.0. The van der Waals surface area contributed by atoms with E-state index < -0.39 is 0 Å². The van der Waals surface area contributed by atoms with E-state index in [2.05, 4.69) is 10.2 Å². The molecule has 1 aromatic heterocycles. The molecule has 1 fully saturated rings. The predicted octanol–water partition coefficient (Wildman–Crippen LogP) is 1.45. The molecule has 0 saturated carbocycles. The molecule has 0 N–H and O–H groups in total. The number of likely N-dealkylation sites (tertiary alicyclic amines) is 1. The Balaban J connectivity index is 1.97. The van der Waals surface area contributed by atoms with Crippen molar-refractivity contribution >= 4 is 11.7 Å². The van der Waals surface area contributed by atoms with E-state index in [-0.39, 0.29) is 29.8 Å². The largest absolute Gasteiger partial charge is 0.340 e. The fourth-order valence-electron chi connectivity index (χ4n) is 2.25. The number of Topliss-reactive ketones (excluding diaryl/α,β-unsaturated/α-hetero) is 1. The molecule has 1 amide bonds. The number of nitrogens with zero attached hydrogens (tertiary/aromatic N) is 3. The van der Waals surface area contributed by atoms with Crippen molar-refractivity contribution < 1.29 is 9.59 Å². The Bertz CT molecular complexity index is 433. The lowest BCUT2D eigenvalue weighted by molar-refractivity contribution is -0.133. The molecular formula is C13H17N3O2. The number of amides is 1. The molecule has 1 atom stereocenters. The van der Waals surface area contributed by atoms with Crippen LogP contribution in [0, 0.1) is 0 Å². The lowest BCUT2D eigenvalue weighted by atomic mass is 10.0. The molecule has 0 aliphatic carbocycles. The van der Waals surface area contributed by atoms with Crippen molar-refractivity contribution in [1.82, 2.24) is 15.1 Å². The minimum Gasteiger partial charge on any atom is -0.340 e. The number of rotatable bonds is 3. The monoisotopic (exact) mass is 247 g/mol. The number of ketones is 1. The quantitative estimate of drug-likeness (QED) is 0.599. The summed E-state index contributed by atoms with van der Waals surface area (Å²) in [4.78, 5) is 25.7. The molecule has 2 heterocycles. The van der Waals surface area contributed by atoms with Crippen molar-refractivity contribution in [3.8, 4) is 0 Å². The third kappa shape index (κ3) is 2.91. The molecule has 5 heteroatoms. The van der Waals surface area contributed by atoms with Crippen molar-refractivity contribution in [2.75, 3.05) is 6.54 Å². The van der Waals surface area contributed by atoms with Gasteiger partial charge in [0.2, 0.25) is 5.91 Å². The average molecular weight is 247 g/mol. The van der Waals surface area contributed by atoms with E-state index in [0.29, 0.717) is 0 Å². The Hall–Kier alpha value is -1.78. The van der Waals surface area contributed by atoms with Gasteiger partial charge >= 0.3 is 0 Å².